The molecule has 1 saturated heterocycles. The minimum Gasteiger partial charge on any atom is -0.397 e. The molecule has 0 unspecified atom stereocenters. The van der Waals surface area contributed by atoms with Crippen LogP contribution < -0.4 is 11.1 Å². The number of nitrogens with zero attached hydrogens (tertiary/aromatic N) is 2. The molecule has 2 heterocycles. The average Bonchev–Trinajstić information content (AvgIpc) is 3.04. The van der Waals surface area contributed by atoms with Gasteiger partial charge in [-0.2, -0.15) is 0 Å². The number of nitrogens with one attached hydrogen (secondary N) is 1. The number of rotatable bonds is 5. The molecule has 2 aromatic carbocycles. The van der Waals surface area contributed by atoms with Crippen LogP contribution in [0.3, 0.4) is 0 Å². The lowest BCUT2D eigenvalue weighted by Gasteiger charge is -2.13. The van der Waals surface area contributed by atoms with E-state index in [9.17, 15) is 18.8 Å². The topological polar surface area (TPSA) is 105 Å². The Kier molecular flexibility index (Phi) is 6.00. The number of carbonyl (C=O) groups excluding carboxylic acids is 3. The van der Waals surface area contributed by atoms with E-state index in [-0.39, 0.29) is 23.4 Å². The summed E-state index contributed by atoms with van der Waals surface area (Å²) in [5.74, 6) is -1.29. The van der Waals surface area contributed by atoms with E-state index < -0.39 is 11.7 Å². The van der Waals surface area contributed by atoms with E-state index in [1.807, 2.05) is 0 Å². The molecule has 3 amide bonds. The number of hydrogen-bond acceptors (Lipinski definition) is 6. The largest absolute Gasteiger partial charge is 0.397 e. The predicted molar refractivity (Wildman–Crippen MR) is 121 cm³/mol. The first-order valence-electron chi connectivity index (χ1n) is 9.51. The summed E-state index contributed by atoms with van der Waals surface area (Å²) >= 11 is 0.876. The Morgan fingerprint density at radius 1 is 1.16 bits per heavy atom. The molecule has 9 heteroatoms. The third kappa shape index (κ3) is 4.68. The maximum absolute atomic E-state index is 13.2. The van der Waals surface area contributed by atoms with Gasteiger partial charge in [0.2, 0.25) is 0 Å². The first-order valence-corrected chi connectivity index (χ1v) is 10.3. The second-order valence-electron chi connectivity index (χ2n) is 6.94. The fourth-order valence-electron chi connectivity index (χ4n) is 3.04. The fourth-order valence-corrected chi connectivity index (χ4v) is 3.87. The highest BCUT2D eigenvalue weighted by molar-refractivity contribution is 8.18. The molecule has 1 aromatic heterocycles. The number of carbonyl (C=O) groups is 3. The summed E-state index contributed by atoms with van der Waals surface area (Å²) in [5, 5.41) is 2.26. The van der Waals surface area contributed by atoms with Crippen molar-refractivity contribution >= 4 is 46.3 Å². The van der Waals surface area contributed by atoms with Gasteiger partial charge in [0.25, 0.3) is 17.1 Å². The van der Waals surface area contributed by atoms with Crippen LogP contribution >= 0.6 is 11.8 Å². The zero-order valence-electron chi connectivity index (χ0n) is 16.6. The highest BCUT2D eigenvalue weighted by Crippen LogP contribution is 2.33. The SMILES string of the molecule is Nc1cc(F)ccc1NC(=O)c1ccc(CN2C(=O)S/C(=C\c3cccnc3)C2=O)cc1. The van der Waals surface area contributed by atoms with E-state index in [0.717, 1.165) is 28.3 Å². The maximum Gasteiger partial charge on any atom is 0.293 e. The Balaban J connectivity index is 1.43. The molecule has 1 fully saturated rings. The van der Waals surface area contributed by atoms with Gasteiger partial charge in [0, 0.05) is 18.0 Å². The monoisotopic (exact) mass is 448 g/mol. The Morgan fingerprint density at radius 3 is 2.62 bits per heavy atom. The number of anilines is 2. The number of amides is 3. The highest BCUT2D eigenvalue weighted by Gasteiger charge is 2.35. The summed E-state index contributed by atoms with van der Waals surface area (Å²) in [6.45, 7) is 0.0852. The first kappa shape index (κ1) is 21.3. The Bertz CT molecular complexity index is 1230. The van der Waals surface area contributed by atoms with Crippen LogP contribution in [-0.2, 0) is 11.3 Å². The van der Waals surface area contributed by atoms with Crippen molar-refractivity contribution in [2.75, 3.05) is 11.1 Å². The summed E-state index contributed by atoms with van der Waals surface area (Å²) in [5.41, 5.74) is 7.91. The first-order chi connectivity index (χ1) is 15.4. The van der Waals surface area contributed by atoms with E-state index >= 15 is 0 Å². The molecule has 3 N–H and O–H groups in total. The zero-order chi connectivity index (χ0) is 22.7. The van der Waals surface area contributed by atoms with Gasteiger partial charge < -0.3 is 11.1 Å². The summed E-state index contributed by atoms with van der Waals surface area (Å²) < 4.78 is 13.2. The zero-order valence-corrected chi connectivity index (χ0v) is 17.4. The molecule has 1 aliphatic rings. The summed E-state index contributed by atoms with van der Waals surface area (Å²) in [7, 11) is 0. The van der Waals surface area contributed by atoms with Gasteiger partial charge in [0.05, 0.1) is 22.8 Å². The van der Waals surface area contributed by atoms with Crippen LogP contribution in [0.2, 0.25) is 0 Å². The smallest absolute Gasteiger partial charge is 0.293 e. The lowest BCUT2D eigenvalue weighted by molar-refractivity contribution is -0.123. The minimum atomic E-state index is -0.493. The van der Waals surface area contributed by atoms with Gasteiger partial charge in [-0.3, -0.25) is 24.3 Å². The number of imide groups is 1. The van der Waals surface area contributed by atoms with Gasteiger partial charge in [-0.05, 0) is 65.4 Å². The number of nitrogen functional groups attached to an aromatic ring is 1. The second-order valence-corrected chi connectivity index (χ2v) is 7.93. The third-order valence-corrected chi connectivity index (χ3v) is 5.58. The molecular weight excluding hydrogens is 431 g/mol. The number of thioether (sulfide) groups is 1. The van der Waals surface area contributed by atoms with E-state index in [1.165, 1.54) is 12.1 Å². The van der Waals surface area contributed by atoms with Crippen LogP contribution in [-0.4, -0.2) is 26.9 Å². The summed E-state index contributed by atoms with van der Waals surface area (Å²) in [4.78, 5) is 42.9. The Hall–Kier alpha value is -3.98. The second kappa shape index (κ2) is 9.03. The number of pyridine rings is 1. The molecule has 0 atom stereocenters. The van der Waals surface area contributed by atoms with Crippen LogP contribution in [0.5, 0.6) is 0 Å². The standard InChI is InChI=1S/C23H17FN4O3S/c24-17-7-8-19(18(25)11-17)27-21(29)16-5-3-14(4-6-16)13-28-22(30)20(32-23(28)31)10-15-2-1-9-26-12-15/h1-12H,13,25H2,(H,27,29)/b20-10-. The molecule has 0 radical (unpaired) electrons. The summed E-state index contributed by atoms with van der Waals surface area (Å²) in [6.07, 6.45) is 4.87. The molecule has 7 nitrogen and oxygen atoms in total. The van der Waals surface area contributed by atoms with Crippen molar-refractivity contribution in [1.82, 2.24) is 9.88 Å². The maximum atomic E-state index is 13.2. The normalized spacial score (nSPS) is 14.8. The molecule has 1 aliphatic heterocycles. The van der Waals surface area contributed by atoms with E-state index in [2.05, 4.69) is 10.3 Å². The molecule has 3 aromatic rings. The number of benzene rings is 2. The van der Waals surface area contributed by atoms with E-state index in [0.29, 0.717) is 21.7 Å². The fraction of sp³-hybridized carbons (Fsp3) is 0.0435. The van der Waals surface area contributed by atoms with Crippen molar-refractivity contribution in [2.45, 2.75) is 6.54 Å². The van der Waals surface area contributed by atoms with Gasteiger partial charge in [-0.25, -0.2) is 4.39 Å². The van der Waals surface area contributed by atoms with Crippen LogP contribution in [0.15, 0.2) is 71.9 Å². The average molecular weight is 448 g/mol. The third-order valence-electron chi connectivity index (χ3n) is 4.67. The molecule has 4 rings (SSSR count). The van der Waals surface area contributed by atoms with Crippen molar-refractivity contribution in [1.29, 1.82) is 0 Å². The van der Waals surface area contributed by atoms with Gasteiger partial charge in [-0.1, -0.05) is 18.2 Å². The van der Waals surface area contributed by atoms with Crippen molar-refractivity contribution < 1.29 is 18.8 Å². The number of aromatic nitrogens is 1. The molecule has 32 heavy (non-hydrogen) atoms. The summed E-state index contributed by atoms with van der Waals surface area (Å²) in [6, 6.07) is 13.7. The molecular formula is C23H17FN4O3S. The molecule has 0 aliphatic carbocycles. The van der Waals surface area contributed by atoms with Gasteiger partial charge >= 0.3 is 0 Å². The Morgan fingerprint density at radius 2 is 1.94 bits per heavy atom. The number of hydrogen-bond donors (Lipinski definition) is 2. The minimum absolute atomic E-state index is 0.0852. The quantitative estimate of drug-likeness (QED) is 0.446. The van der Waals surface area contributed by atoms with Crippen molar-refractivity contribution in [3.63, 3.8) is 0 Å². The van der Waals surface area contributed by atoms with Crippen LogP contribution in [0, 0.1) is 5.82 Å². The Labute approximate surface area is 187 Å². The van der Waals surface area contributed by atoms with Crippen LogP contribution in [0.4, 0.5) is 20.6 Å². The molecule has 160 valence electrons. The van der Waals surface area contributed by atoms with E-state index in [1.54, 1.807) is 54.9 Å². The van der Waals surface area contributed by atoms with Crippen LogP contribution in [0.1, 0.15) is 21.5 Å². The van der Waals surface area contributed by atoms with Crippen molar-refractivity contribution in [2.24, 2.45) is 0 Å². The highest BCUT2D eigenvalue weighted by atomic mass is 32.2. The van der Waals surface area contributed by atoms with Crippen molar-refractivity contribution in [3.8, 4) is 0 Å². The predicted octanol–water partition coefficient (Wildman–Crippen LogP) is 4.29. The van der Waals surface area contributed by atoms with Crippen LogP contribution in [0.25, 0.3) is 6.08 Å². The van der Waals surface area contributed by atoms with Crippen molar-refractivity contribution in [3.05, 3.63) is 94.4 Å². The lowest BCUT2D eigenvalue weighted by Crippen LogP contribution is -2.27. The molecule has 0 bridgehead atoms. The lowest BCUT2D eigenvalue weighted by atomic mass is 10.1. The molecule has 0 saturated carbocycles. The number of halogens is 1. The van der Waals surface area contributed by atoms with Gasteiger partial charge in [0.1, 0.15) is 5.82 Å². The van der Waals surface area contributed by atoms with Gasteiger partial charge in [0.15, 0.2) is 0 Å². The van der Waals surface area contributed by atoms with Gasteiger partial charge in [-0.15, -0.1) is 0 Å². The van der Waals surface area contributed by atoms with E-state index in [4.69, 9.17) is 5.73 Å². The number of nitrogens with two attached hydrogens (primary N) is 1. The molecule has 0 spiro atoms.